The normalized spacial score (nSPS) is 12.5. The van der Waals surface area contributed by atoms with E-state index in [1.54, 1.807) is 7.11 Å². The third-order valence-electron chi connectivity index (χ3n) is 3.22. The van der Waals surface area contributed by atoms with E-state index in [0.717, 1.165) is 18.6 Å². The molecule has 0 aromatic heterocycles. The highest BCUT2D eigenvalue weighted by atomic mass is 16.5. The van der Waals surface area contributed by atoms with Gasteiger partial charge in [-0.2, -0.15) is 0 Å². The summed E-state index contributed by atoms with van der Waals surface area (Å²) >= 11 is 0. The van der Waals surface area contributed by atoms with Gasteiger partial charge in [0.1, 0.15) is 5.75 Å². The Balaban J connectivity index is 3.04. The van der Waals surface area contributed by atoms with Gasteiger partial charge >= 0.3 is 0 Å². The highest BCUT2D eigenvalue weighted by molar-refractivity contribution is 5.43. The van der Waals surface area contributed by atoms with Gasteiger partial charge in [-0.3, -0.25) is 0 Å². The summed E-state index contributed by atoms with van der Waals surface area (Å²) < 4.78 is 5.44. The maximum atomic E-state index is 8.92. The molecule has 0 fully saturated rings. The van der Waals surface area contributed by atoms with Crippen LogP contribution in [0.1, 0.15) is 35.6 Å². The SMILES string of the molecule is CNC(CCCO)c1cc(C)c(C)cc1OC. The van der Waals surface area contributed by atoms with Crippen molar-refractivity contribution in [3.63, 3.8) is 0 Å². The minimum atomic E-state index is 0.228. The summed E-state index contributed by atoms with van der Waals surface area (Å²) in [6, 6.07) is 4.48. The second-order valence-electron chi connectivity index (χ2n) is 4.39. The maximum Gasteiger partial charge on any atom is 0.123 e. The van der Waals surface area contributed by atoms with Crippen LogP contribution in [0.2, 0.25) is 0 Å². The molecule has 1 unspecified atom stereocenters. The van der Waals surface area contributed by atoms with E-state index in [0.29, 0.717) is 0 Å². The van der Waals surface area contributed by atoms with Crippen molar-refractivity contribution < 1.29 is 9.84 Å². The Morgan fingerprint density at radius 1 is 1.29 bits per heavy atom. The number of aliphatic hydroxyl groups is 1. The monoisotopic (exact) mass is 237 g/mol. The standard InChI is InChI=1S/C14H23NO2/c1-10-8-12(13(15-3)6-5-7-16)14(17-4)9-11(10)2/h8-9,13,15-16H,5-7H2,1-4H3. The summed E-state index contributed by atoms with van der Waals surface area (Å²) in [5, 5.41) is 12.2. The Labute approximate surface area is 104 Å². The number of hydrogen-bond acceptors (Lipinski definition) is 3. The first-order valence-corrected chi connectivity index (χ1v) is 6.07. The number of methoxy groups -OCH3 is 1. The lowest BCUT2D eigenvalue weighted by Crippen LogP contribution is -2.18. The smallest absolute Gasteiger partial charge is 0.123 e. The lowest BCUT2D eigenvalue weighted by molar-refractivity contribution is 0.275. The van der Waals surface area contributed by atoms with Crippen LogP contribution in [-0.4, -0.2) is 25.9 Å². The predicted molar refractivity (Wildman–Crippen MR) is 70.6 cm³/mol. The predicted octanol–water partition coefficient (Wildman–Crippen LogP) is 2.35. The van der Waals surface area contributed by atoms with E-state index in [-0.39, 0.29) is 12.6 Å². The van der Waals surface area contributed by atoms with E-state index >= 15 is 0 Å². The molecule has 0 saturated carbocycles. The zero-order valence-electron chi connectivity index (χ0n) is 11.2. The molecule has 96 valence electrons. The summed E-state index contributed by atoms with van der Waals surface area (Å²) in [5.74, 6) is 0.922. The fraction of sp³-hybridized carbons (Fsp3) is 0.571. The van der Waals surface area contributed by atoms with E-state index < -0.39 is 0 Å². The molecule has 3 nitrogen and oxygen atoms in total. The Morgan fingerprint density at radius 3 is 2.47 bits per heavy atom. The lowest BCUT2D eigenvalue weighted by Gasteiger charge is -2.20. The van der Waals surface area contributed by atoms with Gasteiger partial charge in [-0.05, 0) is 50.9 Å². The summed E-state index contributed by atoms with van der Waals surface area (Å²) in [6.45, 7) is 4.42. The molecule has 0 bridgehead atoms. The van der Waals surface area contributed by atoms with E-state index in [4.69, 9.17) is 9.84 Å². The van der Waals surface area contributed by atoms with Crippen molar-refractivity contribution in [3.8, 4) is 5.75 Å². The molecule has 0 amide bonds. The molecule has 1 rings (SSSR count). The molecule has 0 aliphatic carbocycles. The number of hydrogen-bond donors (Lipinski definition) is 2. The molecule has 0 aliphatic rings. The number of ether oxygens (including phenoxy) is 1. The van der Waals surface area contributed by atoms with Gasteiger partial charge < -0.3 is 15.2 Å². The zero-order valence-corrected chi connectivity index (χ0v) is 11.2. The molecule has 1 aromatic carbocycles. The molecule has 0 aliphatic heterocycles. The van der Waals surface area contributed by atoms with Crippen molar-refractivity contribution in [3.05, 3.63) is 28.8 Å². The molecule has 1 atom stereocenters. The largest absolute Gasteiger partial charge is 0.496 e. The van der Waals surface area contributed by atoms with E-state index in [1.807, 2.05) is 7.05 Å². The van der Waals surface area contributed by atoms with Crippen molar-refractivity contribution in [2.24, 2.45) is 0 Å². The van der Waals surface area contributed by atoms with Crippen molar-refractivity contribution >= 4 is 0 Å². The number of rotatable bonds is 6. The molecule has 0 radical (unpaired) electrons. The van der Waals surface area contributed by atoms with Crippen LogP contribution in [0.3, 0.4) is 0 Å². The Kier molecular flexibility index (Phi) is 5.45. The van der Waals surface area contributed by atoms with Crippen LogP contribution in [0.4, 0.5) is 0 Å². The first-order valence-electron chi connectivity index (χ1n) is 6.07. The number of benzene rings is 1. The Hall–Kier alpha value is -1.06. The Morgan fingerprint density at radius 2 is 1.94 bits per heavy atom. The van der Waals surface area contributed by atoms with Crippen molar-refractivity contribution in [2.75, 3.05) is 20.8 Å². The van der Waals surface area contributed by atoms with Crippen LogP contribution in [0.5, 0.6) is 5.75 Å². The van der Waals surface area contributed by atoms with Gasteiger partial charge in [-0.15, -0.1) is 0 Å². The minimum absolute atomic E-state index is 0.228. The van der Waals surface area contributed by atoms with Crippen molar-refractivity contribution in [1.29, 1.82) is 0 Å². The highest BCUT2D eigenvalue weighted by Gasteiger charge is 2.15. The third kappa shape index (κ3) is 3.45. The highest BCUT2D eigenvalue weighted by Crippen LogP contribution is 2.30. The summed E-state index contributed by atoms with van der Waals surface area (Å²) in [5.41, 5.74) is 3.68. The van der Waals surface area contributed by atoms with Gasteiger partial charge in [0.15, 0.2) is 0 Å². The van der Waals surface area contributed by atoms with Crippen LogP contribution in [0, 0.1) is 13.8 Å². The van der Waals surface area contributed by atoms with Crippen LogP contribution < -0.4 is 10.1 Å². The van der Waals surface area contributed by atoms with Gasteiger partial charge in [-0.1, -0.05) is 6.07 Å². The molecular weight excluding hydrogens is 214 g/mol. The molecule has 17 heavy (non-hydrogen) atoms. The number of aryl methyl sites for hydroxylation is 2. The molecule has 3 heteroatoms. The van der Waals surface area contributed by atoms with Gasteiger partial charge in [0.05, 0.1) is 7.11 Å². The molecule has 0 saturated heterocycles. The van der Waals surface area contributed by atoms with E-state index in [2.05, 4.69) is 31.3 Å². The van der Waals surface area contributed by atoms with Crippen LogP contribution in [0.15, 0.2) is 12.1 Å². The average molecular weight is 237 g/mol. The van der Waals surface area contributed by atoms with E-state index in [9.17, 15) is 0 Å². The summed E-state index contributed by atoms with van der Waals surface area (Å²) in [6.07, 6.45) is 1.70. The zero-order chi connectivity index (χ0) is 12.8. The first-order chi connectivity index (χ1) is 8.13. The third-order valence-corrected chi connectivity index (χ3v) is 3.22. The maximum absolute atomic E-state index is 8.92. The summed E-state index contributed by atoms with van der Waals surface area (Å²) in [4.78, 5) is 0. The Bertz CT molecular complexity index is 363. The van der Waals surface area contributed by atoms with Crippen LogP contribution >= 0.6 is 0 Å². The van der Waals surface area contributed by atoms with E-state index in [1.165, 1.54) is 16.7 Å². The lowest BCUT2D eigenvalue weighted by atomic mass is 9.97. The molecule has 0 heterocycles. The van der Waals surface area contributed by atoms with Gasteiger partial charge in [0.2, 0.25) is 0 Å². The van der Waals surface area contributed by atoms with Crippen molar-refractivity contribution in [1.82, 2.24) is 5.32 Å². The molecular formula is C14H23NO2. The van der Waals surface area contributed by atoms with Gasteiger partial charge in [0, 0.05) is 18.2 Å². The topological polar surface area (TPSA) is 41.5 Å². The molecule has 0 spiro atoms. The average Bonchev–Trinajstić information content (AvgIpc) is 2.34. The number of aliphatic hydroxyl groups excluding tert-OH is 1. The quantitative estimate of drug-likeness (QED) is 0.798. The second kappa shape index (κ2) is 6.62. The molecule has 1 aromatic rings. The van der Waals surface area contributed by atoms with Gasteiger partial charge in [0.25, 0.3) is 0 Å². The van der Waals surface area contributed by atoms with Crippen LogP contribution in [-0.2, 0) is 0 Å². The molecule has 2 N–H and O–H groups in total. The first kappa shape index (κ1) is 14.0. The van der Waals surface area contributed by atoms with Crippen LogP contribution in [0.25, 0.3) is 0 Å². The fourth-order valence-corrected chi connectivity index (χ4v) is 2.01. The summed E-state index contributed by atoms with van der Waals surface area (Å²) in [7, 11) is 3.64. The minimum Gasteiger partial charge on any atom is -0.496 e. The second-order valence-corrected chi connectivity index (χ2v) is 4.39. The fourth-order valence-electron chi connectivity index (χ4n) is 2.01. The van der Waals surface area contributed by atoms with Crippen molar-refractivity contribution in [2.45, 2.75) is 32.7 Å². The number of nitrogens with one attached hydrogen (secondary N) is 1. The van der Waals surface area contributed by atoms with Gasteiger partial charge in [-0.25, -0.2) is 0 Å².